The van der Waals surface area contributed by atoms with Crippen LogP contribution in [0.15, 0.2) is 71.8 Å². The van der Waals surface area contributed by atoms with E-state index in [1.807, 2.05) is 56.3 Å². The van der Waals surface area contributed by atoms with Gasteiger partial charge in [-0.3, -0.25) is 19.4 Å². The lowest BCUT2D eigenvalue weighted by molar-refractivity contribution is -0.124. The van der Waals surface area contributed by atoms with E-state index in [0.717, 1.165) is 22.3 Å². The second-order valence-corrected chi connectivity index (χ2v) is 9.59. The number of methoxy groups -OCH3 is 1. The number of hydrogen-bond donors (Lipinski definition) is 0. The van der Waals surface area contributed by atoms with Crippen LogP contribution in [0.5, 0.6) is 5.75 Å². The smallest absolute Gasteiger partial charge is 0.240 e. The van der Waals surface area contributed by atoms with Crippen molar-refractivity contribution in [2.24, 2.45) is 16.9 Å². The summed E-state index contributed by atoms with van der Waals surface area (Å²) in [7, 11) is 1.56. The van der Waals surface area contributed by atoms with Crippen molar-refractivity contribution in [1.82, 2.24) is 5.01 Å². The quantitative estimate of drug-likeness (QED) is 0.416. The molecule has 3 aromatic rings. The fourth-order valence-electron chi connectivity index (χ4n) is 5.89. The highest BCUT2D eigenvalue weighted by molar-refractivity contribution is 6.25. The van der Waals surface area contributed by atoms with Gasteiger partial charge >= 0.3 is 0 Å². The molecule has 36 heavy (non-hydrogen) atoms. The van der Waals surface area contributed by atoms with Crippen molar-refractivity contribution in [3.8, 4) is 5.75 Å². The zero-order valence-electron chi connectivity index (χ0n) is 20.2. The Labute approximate surface area is 209 Å². The predicted octanol–water partition coefficient (Wildman–Crippen LogP) is 4.07. The minimum atomic E-state index is -0.898. The summed E-state index contributed by atoms with van der Waals surface area (Å²) >= 11 is 0. The Kier molecular flexibility index (Phi) is 5.03. The fraction of sp³-hybridized carbons (Fsp3) is 0.241. The van der Waals surface area contributed by atoms with E-state index in [4.69, 9.17) is 4.74 Å². The van der Waals surface area contributed by atoms with Crippen molar-refractivity contribution >= 4 is 29.5 Å². The Bertz CT molecular complexity index is 1450. The number of aryl methyl sites for hydroxylation is 2. The lowest BCUT2D eigenvalue weighted by Crippen LogP contribution is -2.44. The lowest BCUT2D eigenvalue weighted by Gasteiger charge is -2.34. The number of fused-ring (bicyclic) bond motifs is 5. The number of rotatable bonds is 4. The number of hydrazone groups is 1. The van der Waals surface area contributed by atoms with Gasteiger partial charge in [-0.2, -0.15) is 5.10 Å². The van der Waals surface area contributed by atoms with E-state index in [0.29, 0.717) is 17.0 Å². The van der Waals surface area contributed by atoms with Gasteiger partial charge in [-0.15, -0.1) is 0 Å². The summed E-state index contributed by atoms with van der Waals surface area (Å²) in [6, 6.07) is 18.8. The maximum Gasteiger partial charge on any atom is 0.240 e. The number of ketones is 1. The van der Waals surface area contributed by atoms with Crippen molar-refractivity contribution in [2.75, 3.05) is 12.0 Å². The first kappa shape index (κ1) is 22.2. The fourth-order valence-corrected chi connectivity index (χ4v) is 5.89. The van der Waals surface area contributed by atoms with Crippen molar-refractivity contribution in [2.45, 2.75) is 25.9 Å². The molecule has 3 aliphatic rings. The maximum atomic E-state index is 14.0. The molecule has 4 atom stereocenters. The monoisotopic (exact) mass is 479 g/mol. The Hall–Kier alpha value is -4.26. The second-order valence-electron chi connectivity index (χ2n) is 9.59. The van der Waals surface area contributed by atoms with Gasteiger partial charge in [-0.25, -0.2) is 4.90 Å². The molecule has 0 radical (unpaired) electrons. The normalized spacial score (nSPS) is 24.0. The molecule has 2 saturated heterocycles. The van der Waals surface area contributed by atoms with Crippen LogP contribution in [0.1, 0.15) is 38.7 Å². The molecule has 0 spiro atoms. The third-order valence-electron chi connectivity index (χ3n) is 7.53. The van der Waals surface area contributed by atoms with E-state index in [9.17, 15) is 14.4 Å². The van der Waals surface area contributed by atoms with Crippen molar-refractivity contribution in [3.63, 3.8) is 0 Å². The Balaban J connectivity index is 1.49. The average Bonchev–Trinajstić information content (AvgIpc) is 3.36. The molecule has 3 aliphatic heterocycles. The molecule has 2 fully saturated rings. The molecule has 2 amide bonds. The zero-order valence-corrected chi connectivity index (χ0v) is 20.2. The first-order valence-corrected chi connectivity index (χ1v) is 12.0. The molecule has 3 aromatic carbocycles. The van der Waals surface area contributed by atoms with Crippen LogP contribution in [0.2, 0.25) is 0 Å². The number of nitrogens with zero attached hydrogens (tertiary/aromatic N) is 3. The van der Waals surface area contributed by atoms with Gasteiger partial charge in [0, 0.05) is 5.56 Å². The summed E-state index contributed by atoms with van der Waals surface area (Å²) in [5, 5.41) is 6.29. The van der Waals surface area contributed by atoms with E-state index in [-0.39, 0.29) is 17.6 Å². The van der Waals surface area contributed by atoms with Gasteiger partial charge in [0.1, 0.15) is 11.8 Å². The van der Waals surface area contributed by atoms with Crippen LogP contribution in [-0.4, -0.2) is 42.0 Å². The molecule has 3 heterocycles. The van der Waals surface area contributed by atoms with Crippen LogP contribution in [-0.2, 0) is 9.59 Å². The largest absolute Gasteiger partial charge is 0.497 e. The molecular weight excluding hydrogens is 454 g/mol. The summed E-state index contributed by atoms with van der Waals surface area (Å²) in [5.74, 6) is -1.82. The van der Waals surface area contributed by atoms with Gasteiger partial charge in [-0.05, 0) is 60.9 Å². The molecule has 6 rings (SSSR count). The van der Waals surface area contributed by atoms with Gasteiger partial charge in [0.05, 0.1) is 36.9 Å². The topological polar surface area (TPSA) is 79.3 Å². The van der Waals surface area contributed by atoms with Crippen molar-refractivity contribution in [3.05, 3.63) is 94.5 Å². The van der Waals surface area contributed by atoms with Crippen molar-refractivity contribution in [1.29, 1.82) is 0 Å². The Morgan fingerprint density at radius 1 is 0.917 bits per heavy atom. The first-order valence-electron chi connectivity index (χ1n) is 12.0. The number of anilines is 1. The summed E-state index contributed by atoms with van der Waals surface area (Å²) in [6.45, 7) is 3.86. The molecule has 0 bridgehead atoms. The van der Waals surface area contributed by atoms with Crippen LogP contribution in [0.4, 0.5) is 5.69 Å². The minimum absolute atomic E-state index is 0.240. The average molecular weight is 480 g/mol. The highest BCUT2D eigenvalue weighted by Gasteiger charge is 2.65. The van der Waals surface area contributed by atoms with E-state index < -0.39 is 23.9 Å². The lowest BCUT2D eigenvalue weighted by atomic mass is 9.83. The van der Waals surface area contributed by atoms with Gasteiger partial charge in [0.15, 0.2) is 5.78 Å². The van der Waals surface area contributed by atoms with E-state index in [2.05, 4.69) is 5.10 Å². The number of Topliss-reactive ketones (excluding diaryl/α,β-unsaturated/α-hetero) is 1. The SMILES string of the molecule is COc1ccc(C(=O)[C@H]2[C@H]3C(=O)N(c4ccc(C)cc4C)C(=O)[C@H]3C3c4ccccc4C=NN32)cc1. The summed E-state index contributed by atoms with van der Waals surface area (Å²) in [4.78, 5) is 43.2. The summed E-state index contributed by atoms with van der Waals surface area (Å²) < 4.78 is 5.23. The number of carbonyl (C=O) groups is 3. The maximum absolute atomic E-state index is 14.0. The Morgan fingerprint density at radius 3 is 2.36 bits per heavy atom. The third kappa shape index (κ3) is 3.12. The standard InChI is InChI=1S/C29H25N3O4/c1-16-8-13-22(17(2)14-16)31-28(34)23-24(29(31)35)26(27(33)18-9-11-20(36-3)12-10-18)32-25(23)21-7-5-4-6-19(21)15-30-32/h4-15,23-26H,1-3H3/t23-,24+,25?,26-/m1/s1. The van der Waals surface area contributed by atoms with Gasteiger partial charge < -0.3 is 4.74 Å². The summed E-state index contributed by atoms with van der Waals surface area (Å²) in [5.41, 5.74) is 4.69. The molecule has 0 saturated carbocycles. The number of carbonyl (C=O) groups excluding carboxylic acids is 3. The highest BCUT2D eigenvalue weighted by atomic mass is 16.5. The number of amides is 2. The third-order valence-corrected chi connectivity index (χ3v) is 7.53. The molecule has 7 heteroatoms. The zero-order chi connectivity index (χ0) is 25.1. The van der Waals surface area contributed by atoms with E-state index >= 15 is 0 Å². The number of hydrogen-bond acceptors (Lipinski definition) is 6. The second kappa shape index (κ2) is 8.16. The first-order chi connectivity index (χ1) is 17.4. The summed E-state index contributed by atoms with van der Waals surface area (Å²) in [6.07, 6.45) is 1.71. The molecule has 0 N–H and O–H groups in total. The van der Waals surface area contributed by atoms with Gasteiger partial charge in [0.25, 0.3) is 0 Å². The molecule has 180 valence electrons. The predicted molar refractivity (Wildman–Crippen MR) is 135 cm³/mol. The van der Waals surface area contributed by atoms with E-state index in [1.54, 1.807) is 42.6 Å². The van der Waals surface area contributed by atoms with Crippen LogP contribution >= 0.6 is 0 Å². The molecular formula is C29H25N3O4. The molecule has 7 nitrogen and oxygen atoms in total. The number of ether oxygens (including phenoxy) is 1. The van der Waals surface area contributed by atoms with Gasteiger partial charge in [0.2, 0.25) is 11.8 Å². The highest BCUT2D eigenvalue weighted by Crippen LogP contribution is 2.53. The molecule has 1 unspecified atom stereocenters. The van der Waals surface area contributed by atoms with Crippen molar-refractivity contribution < 1.29 is 19.1 Å². The van der Waals surface area contributed by atoms with Gasteiger partial charge in [-0.1, -0.05) is 42.0 Å². The van der Waals surface area contributed by atoms with Crippen LogP contribution in [0.25, 0.3) is 0 Å². The molecule has 0 aliphatic carbocycles. The molecule has 0 aromatic heterocycles. The van der Waals surface area contributed by atoms with Crippen LogP contribution < -0.4 is 9.64 Å². The van der Waals surface area contributed by atoms with E-state index in [1.165, 1.54) is 4.90 Å². The number of benzene rings is 3. The Morgan fingerprint density at radius 2 is 1.64 bits per heavy atom. The van der Waals surface area contributed by atoms with Crippen LogP contribution in [0, 0.1) is 25.7 Å². The van der Waals surface area contributed by atoms with Crippen LogP contribution in [0.3, 0.4) is 0 Å². The minimum Gasteiger partial charge on any atom is -0.497 e. The number of imide groups is 1.